The predicted molar refractivity (Wildman–Crippen MR) is 108 cm³/mol. The number of aryl methyl sites for hydroxylation is 1. The molecule has 2 heterocycles. The van der Waals surface area contributed by atoms with E-state index in [2.05, 4.69) is 27.2 Å². The number of aromatic nitrogens is 2. The SMILES string of the molecule is Cc1ccc(N)cc1-c1nc(-c2cccc(CN3CCOCC3)c2)no1.Cl. The van der Waals surface area contributed by atoms with Crippen LogP contribution in [0.4, 0.5) is 5.69 Å². The van der Waals surface area contributed by atoms with Crippen molar-refractivity contribution in [1.82, 2.24) is 15.0 Å². The second-order valence-electron chi connectivity index (χ2n) is 6.59. The van der Waals surface area contributed by atoms with E-state index < -0.39 is 0 Å². The normalized spacial score (nSPS) is 14.7. The average molecular weight is 387 g/mol. The lowest BCUT2D eigenvalue weighted by molar-refractivity contribution is 0.0342. The second kappa shape index (κ2) is 8.52. The van der Waals surface area contributed by atoms with Crippen LogP contribution in [0.3, 0.4) is 0 Å². The molecule has 3 aromatic rings. The number of benzene rings is 2. The van der Waals surface area contributed by atoms with Crippen LogP contribution in [0.2, 0.25) is 0 Å². The van der Waals surface area contributed by atoms with Crippen LogP contribution in [0.1, 0.15) is 11.1 Å². The molecule has 2 aromatic carbocycles. The van der Waals surface area contributed by atoms with Gasteiger partial charge in [0.2, 0.25) is 5.82 Å². The zero-order valence-corrected chi connectivity index (χ0v) is 16.0. The highest BCUT2D eigenvalue weighted by molar-refractivity contribution is 5.85. The van der Waals surface area contributed by atoms with Gasteiger partial charge in [-0.05, 0) is 36.2 Å². The highest BCUT2D eigenvalue weighted by atomic mass is 35.5. The summed E-state index contributed by atoms with van der Waals surface area (Å²) in [6, 6.07) is 14.0. The molecule has 6 nitrogen and oxygen atoms in total. The summed E-state index contributed by atoms with van der Waals surface area (Å²) in [5.74, 6) is 1.08. The molecule has 1 aliphatic rings. The van der Waals surface area contributed by atoms with E-state index in [-0.39, 0.29) is 12.4 Å². The van der Waals surface area contributed by atoms with Crippen molar-refractivity contribution in [2.75, 3.05) is 32.0 Å². The van der Waals surface area contributed by atoms with Gasteiger partial charge < -0.3 is 15.0 Å². The Balaban J connectivity index is 0.00000210. The molecule has 1 aliphatic heterocycles. The Kier molecular flexibility index (Phi) is 6.11. The maximum Gasteiger partial charge on any atom is 0.258 e. The first-order valence-electron chi connectivity index (χ1n) is 8.79. The van der Waals surface area contributed by atoms with Crippen molar-refractivity contribution in [1.29, 1.82) is 0 Å². The maximum atomic E-state index is 5.89. The van der Waals surface area contributed by atoms with Crippen molar-refractivity contribution in [3.8, 4) is 22.8 Å². The van der Waals surface area contributed by atoms with E-state index in [0.717, 1.165) is 49.5 Å². The number of hydrogen-bond donors (Lipinski definition) is 1. The van der Waals surface area contributed by atoms with E-state index in [1.165, 1.54) is 5.56 Å². The number of nitrogens with two attached hydrogens (primary N) is 1. The average Bonchev–Trinajstić information content (AvgIpc) is 3.15. The zero-order chi connectivity index (χ0) is 17.9. The van der Waals surface area contributed by atoms with Crippen molar-refractivity contribution in [3.05, 3.63) is 53.6 Å². The van der Waals surface area contributed by atoms with E-state index in [0.29, 0.717) is 17.4 Å². The van der Waals surface area contributed by atoms with E-state index in [4.69, 9.17) is 15.0 Å². The fourth-order valence-corrected chi connectivity index (χ4v) is 3.15. The van der Waals surface area contributed by atoms with Crippen LogP contribution in [0, 0.1) is 6.92 Å². The van der Waals surface area contributed by atoms with Gasteiger partial charge in [0.05, 0.1) is 13.2 Å². The Hall–Kier alpha value is -2.41. The summed E-state index contributed by atoms with van der Waals surface area (Å²) < 4.78 is 10.9. The largest absolute Gasteiger partial charge is 0.399 e. The van der Waals surface area contributed by atoms with Gasteiger partial charge in [-0.2, -0.15) is 4.98 Å². The third kappa shape index (κ3) is 4.47. The fraction of sp³-hybridized carbons (Fsp3) is 0.300. The smallest absolute Gasteiger partial charge is 0.258 e. The maximum absolute atomic E-state index is 5.89. The minimum Gasteiger partial charge on any atom is -0.399 e. The second-order valence-corrected chi connectivity index (χ2v) is 6.59. The molecule has 0 aliphatic carbocycles. The van der Waals surface area contributed by atoms with Crippen molar-refractivity contribution >= 4 is 18.1 Å². The molecule has 0 atom stereocenters. The molecule has 1 aromatic heterocycles. The van der Waals surface area contributed by atoms with Gasteiger partial charge >= 0.3 is 0 Å². The Morgan fingerprint density at radius 3 is 2.74 bits per heavy atom. The molecule has 0 radical (unpaired) electrons. The lowest BCUT2D eigenvalue weighted by Gasteiger charge is -2.26. The van der Waals surface area contributed by atoms with Crippen LogP contribution in [0.5, 0.6) is 0 Å². The minimum absolute atomic E-state index is 0. The molecular formula is C20H23ClN4O2. The van der Waals surface area contributed by atoms with Crippen LogP contribution in [0.15, 0.2) is 47.0 Å². The molecule has 7 heteroatoms. The number of nitrogens with zero attached hydrogens (tertiary/aromatic N) is 3. The lowest BCUT2D eigenvalue weighted by Crippen LogP contribution is -2.35. The van der Waals surface area contributed by atoms with Gasteiger partial charge in [0.1, 0.15) is 0 Å². The molecule has 0 unspecified atom stereocenters. The molecule has 1 saturated heterocycles. The Morgan fingerprint density at radius 2 is 1.93 bits per heavy atom. The molecule has 2 N–H and O–H groups in total. The number of morpholine rings is 1. The van der Waals surface area contributed by atoms with Crippen LogP contribution < -0.4 is 5.73 Å². The fourth-order valence-electron chi connectivity index (χ4n) is 3.15. The highest BCUT2D eigenvalue weighted by Crippen LogP contribution is 2.27. The number of nitrogen functional groups attached to an aromatic ring is 1. The molecule has 0 amide bonds. The predicted octanol–water partition coefficient (Wildman–Crippen LogP) is 3.55. The Labute approximate surface area is 164 Å². The third-order valence-corrected chi connectivity index (χ3v) is 4.61. The van der Waals surface area contributed by atoms with Crippen LogP contribution in [-0.4, -0.2) is 41.3 Å². The van der Waals surface area contributed by atoms with E-state index in [1.54, 1.807) is 0 Å². The summed E-state index contributed by atoms with van der Waals surface area (Å²) >= 11 is 0. The third-order valence-electron chi connectivity index (χ3n) is 4.61. The summed E-state index contributed by atoms with van der Waals surface area (Å²) in [5, 5.41) is 4.16. The first kappa shape index (κ1) is 19.4. The molecule has 0 spiro atoms. The monoisotopic (exact) mass is 386 g/mol. The number of halogens is 1. The summed E-state index contributed by atoms with van der Waals surface area (Å²) in [6.07, 6.45) is 0. The number of anilines is 1. The van der Waals surface area contributed by atoms with Crippen LogP contribution in [0.25, 0.3) is 22.8 Å². The highest BCUT2D eigenvalue weighted by Gasteiger charge is 2.15. The molecule has 0 bridgehead atoms. The van der Waals surface area contributed by atoms with Gasteiger partial charge in [-0.3, -0.25) is 4.90 Å². The van der Waals surface area contributed by atoms with Crippen molar-refractivity contribution in [2.24, 2.45) is 0 Å². The van der Waals surface area contributed by atoms with Gasteiger partial charge in [0, 0.05) is 36.4 Å². The van der Waals surface area contributed by atoms with Crippen molar-refractivity contribution < 1.29 is 9.26 Å². The van der Waals surface area contributed by atoms with Gasteiger partial charge in [0.15, 0.2) is 0 Å². The van der Waals surface area contributed by atoms with E-state index >= 15 is 0 Å². The summed E-state index contributed by atoms with van der Waals surface area (Å²) in [4.78, 5) is 6.96. The minimum atomic E-state index is 0. The Bertz CT molecular complexity index is 907. The molecular weight excluding hydrogens is 364 g/mol. The number of rotatable bonds is 4. The molecule has 0 saturated carbocycles. The van der Waals surface area contributed by atoms with E-state index in [1.807, 2.05) is 37.3 Å². The molecule has 4 rings (SSSR count). The summed E-state index contributed by atoms with van der Waals surface area (Å²) in [5.41, 5.74) is 10.7. The number of ether oxygens (including phenoxy) is 1. The first-order valence-corrected chi connectivity index (χ1v) is 8.79. The number of hydrogen-bond acceptors (Lipinski definition) is 6. The van der Waals surface area contributed by atoms with Crippen molar-refractivity contribution in [2.45, 2.75) is 13.5 Å². The molecule has 142 valence electrons. The van der Waals surface area contributed by atoms with Gasteiger partial charge in [-0.1, -0.05) is 29.4 Å². The van der Waals surface area contributed by atoms with Crippen LogP contribution >= 0.6 is 12.4 Å². The van der Waals surface area contributed by atoms with Crippen LogP contribution in [-0.2, 0) is 11.3 Å². The zero-order valence-electron chi connectivity index (χ0n) is 15.2. The lowest BCUT2D eigenvalue weighted by atomic mass is 10.1. The van der Waals surface area contributed by atoms with Crippen molar-refractivity contribution in [3.63, 3.8) is 0 Å². The first-order chi connectivity index (χ1) is 12.7. The van der Waals surface area contributed by atoms with Gasteiger partial charge in [-0.15, -0.1) is 12.4 Å². The topological polar surface area (TPSA) is 77.4 Å². The van der Waals surface area contributed by atoms with Gasteiger partial charge in [-0.25, -0.2) is 0 Å². The summed E-state index contributed by atoms with van der Waals surface area (Å²) in [6.45, 7) is 6.43. The Morgan fingerprint density at radius 1 is 1.11 bits per heavy atom. The molecule has 27 heavy (non-hydrogen) atoms. The van der Waals surface area contributed by atoms with E-state index in [9.17, 15) is 0 Å². The summed E-state index contributed by atoms with van der Waals surface area (Å²) in [7, 11) is 0. The standard InChI is InChI=1S/C20H22N4O2.ClH/c1-14-5-6-17(21)12-18(14)20-22-19(23-26-20)16-4-2-3-15(11-16)13-24-7-9-25-10-8-24;/h2-6,11-12H,7-10,13,21H2,1H3;1H. The molecule has 1 fully saturated rings. The quantitative estimate of drug-likeness (QED) is 0.691. The van der Waals surface area contributed by atoms with Gasteiger partial charge in [0.25, 0.3) is 5.89 Å².